The number of hydrogen-bond donors (Lipinski definition) is 1. The number of benzene rings is 1. The summed E-state index contributed by atoms with van der Waals surface area (Å²) >= 11 is 3.33. The quantitative estimate of drug-likeness (QED) is 0.833. The van der Waals surface area contributed by atoms with E-state index in [0.717, 1.165) is 4.47 Å². The molecule has 0 unspecified atom stereocenters. The summed E-state index contributed by atoms with van der Waals surface area (Å²) in [4.78, 5) is 0. The van der Waals surface area contributed by atoms with Gasteiger partial charge in [0, 0.05) is 4.47 Å². The topological polar surface area (TPSA) is 44.5 Å². The van der Waals surface area contributed by atoms with E-state index >= 15 is 0 Å². The largest absolute Gasteiger partial charge is 0.491 e. The molecule has 1 aromatic carbocycles. The van der Waals surface area contributed by atoms with E-state index in [-0.39, 0.29) is 0 Å². The molecule has 0 saturated carbocycles. The van der Waals surface area contributed by atoms with Gasteiger partial charge in [0.05, 0.1) is 19.4 Å². The van der Waals surface area contributed by atoms with Crippen molar-refractivity contribution in [3.8, 4) is 11.5 Å². The van der Waals surface area contributed by atoms with Gasteiger partial charge in [-0.3, -0.25) is 0 Å². The van der Waals surface area contributed by atoms with Crippen LogP contribution in [0.15, 0.2) is 16.6 Å². The van der Waals surface area contributed by atoms with Crippen molar-refractivity contribution in [3.05, 3.63) is 16.6 Å². The van der Waals surface area contributed by atoms with Crippen LogP contribution in [0.1, 0.15) is 6.92 Å². The first-order chi connectivity index (χ1) is 6.19. The van der Waals surface area contributed by atoms with Gasteiger partial charge in [-0.1, -0.05) is 15.9 Å². The van der Waals surface area contributed by atoms with Gasteiger partial charge in [0.25, 0.3) is 0 Å². The Balaban J connectivity index is 3.13. The predicted octanol–water partition coefficient (Wildman–Crippen LogP) is 2.44. The minimum atomic E-state index is 0.570. The Labute approximate surface area is 86.0 Å². The van der Waals surface area contributed by atoms with E-state index in [1.54, 1.807) is 13.2 Å². The highest BCUT2D eigenvalue weighted by Gasteiger charge is 2.08. The average molecular weight is 246 g/mol. The summed E-state index contributed by atoms with van der Waals surface area (Å²) in [6.45, 7) is 2.50. The second-order valence-corrected chi connectivity index (χ2v) is 3.38. The van der Waals surface area contributed by atoms with Crippen LogP contribution in [-0.4, -0.2) is 13.7 Å². The molecule has 4 heteroatoms. The molecule has 0 aliphatic rings. The van der Waals surface area contributed by atoms with E-state index in [0.29, 0.717) is 23.8 Å². The van der Waals surface area contributed by atoms with Crippen LogP contribution in [-0.2, 0) is 0 Å². The highest BCUT2D eigenvalue weighted by molar-refractivity contribution is 9.10. The van der Waals surface area contributed by atoms with Crippen molar-refractivity contribution >= 4 is 21.6 Å². The number of halogens is 1. The van der Waals surface area contributed by atoms with Crippen molar-refractivity contribution in [1.82, 2.24) is 0 Å². The number of nitrogen functional groups attached to an aromatic ring is 1. The molecule has 0 atom stereocenters. The molecule has 0 aliphatic carbocycles. The second-order valence-electron chi connectivity index (χ2n) is 2.46. The summed E-state index contributed by atoms with van der Waals surface area (Å²) in [5.74, 6) is 1.25. The van der Waals surface area contributed by atoms with Crippen LogP contribution in [0.25, 0.3) is 0 Å². The second kappa shape index (κ2) is 4.37. The third-order valence-electron chi connectivity index (χ3n) is 1.55. The molecule has 0 amide bonds. The van der Waals surface area contributed by atoms with Crippen LogP contribution >= 0.6 is 15.9 Å². The molecule has 1 aromatic rings. The Morgan fingerprint density at radius 3 is 2.69 bits per heavy atom. The maximum Gasteiger partial charge on any atom is 0.183 e. The molecule has 13 heavy (non-hydrogen) atoms. The molecule has 0 spiro atoms. The van der Waals surface area contributed by atoms with Crippen LogP contribution < -0.4 is 15.2 Å². The van der Waals surface area contributed by atoms with E-state index < -0.39 is 0 Å². The molecule has 72 valence electrons. The molecular formula is C9H12BrNO2. The third-order valence-corrected chi connectivity index (χ3v) is 2.01. The van der Waals surface area contributed by atoms with Gasteiger partial charge in [0.15, 0.2) is 11.5 Å². The van der Waals surface area contributed by atoms with Crippen molar-refractivity contribution in [2.75, 3.05) is 19.5 Å². The summed E-state index contributed by atoms with van der Waals surface area (Å²) in [6, 6.07) is 3.61. The number of rotatable bonds is 3. The molecule has 0 fully saturated rings. The van der Waals surface area contributed by atoms with Gasteiger partial charge >= 0.3 is 0 Å². The predicted molar refractivity (Wildman–Crippen MR) is 56.3 cm³/mol. The first kappa shape index (κ1) is 10.2. The van der Waals surface area contributed by atoms with E-state index in [2.05, 4.69) is 15.9 Å². The van der Waals surface area contributed by atoms with Crippen LogP contribution in [0.2, 0.25) is 0 Å². The molecule has 0 bridgehead atoms. The number of methoxy groups -OCH3 is 1. The smallest absolute Gasteiger partial charge is 0.183 e. The standard InChI is InChI=1S/C9H12BrNO2/c1-3-13-8-5-6(10)4-7(11)9(8)12-2/h4-5H,3,11H2,1-2H3. The maximum absolute atomic E-state index is 5.73. The molecule has 0 radical (unpaired) electrons. The fourth-order valence-electron chi connectivity index (χ4n) is 1.07. The van der Waals surface area contributed by atoms with Crippen molar-refractivity contribution in [3.63, 3.8) is 0 Å². The van der Waals surface area contributed by atoms with Crippen LogP contribution in [0.5, 0.6) is 11.5 Å². The zero-order chi connectivity index (χ0) is 9.84. The fraction of sp³-hybridized carbons (Fsp3) is 0.333. The van der Waals surface area contributed by atoms with Crippen LogP contribution in [0, 0.1) is 0 Å². The first-order valence-electron chi connectivity index (χ1n) is 3.94. The van der Waals surface area contributed by atoms with Gasteiger partial charge in [-0.2, -0.15) is 0 Å². The number of nitrogens with two attached hydrogens (primary N) is 1. The highest BCUT2D eigenvalue weighted by Crippen LogP contribution is 2.36. The Morgan fingerprint density at radius 1 is 1.46 bits per heavy atom. The van der Waals surface area contributed by atoms with Crippen molar-refractivity contribution in [2.24, 2.45) is 0 Å². The lowest BCUT2D eigenvalue weighted by atomic mass is 10.3. The van der Waals surface area contributed by atoms with Crippen molar-refractivity contribution in [2.45, 2.75) is 6.92 Å². The molecule has 0 aromatic heterocycles. The third kappa shape index (κ3) is 2.28. The van der Waals surface area contributed by atoms with E-state index in [4.69, 9.17) is 15.2 Å². The molecule has 0 saturated heterocycles. The Bertz CT molecular complexity index is 302. The van der Waals surface area contributed by atoms with E-state index in [9.17, 15) is 0 Å². The lowest BCUT2D eigenvalue weighted by Crippen LogP contribution is -1.98. The highest BCUT2D eigenvalue weighted by atomic mass is 79.9. The SMILES string of the molecule is CCOc1cc(Br)cc(N)c1OC. The van der Waals surface area contributed by atoms with Gasteiger partial charge in [-0.25, -0.2) is 0 Å². The molecule has 3 nitrogen and oxygen atoms in total. The summed E-state index contributed by atoms with van der Waals surface area (Å²) < 4.78 is 11.4. The van der Waals surface area contributed by atoms with Crippen LogP contribution in [0.4, 0.5) is 5.69 Å². The van der Waals surface area contributed by atoms with Gasteiger partial charge in [0.2, 0.25) is 0 Å². The minimum absolute atomic E-state index is 0.570. The normalized spacial score (nSPS) is 9.77. The van der Waals surface area contributed by atoms with Gasteiger partial charge in [-0.05, 0) is 19.1 Å². The Hall–Kier alpha value is -0.900. The summed E-state index contributed by atoms with van der Waals surface area (Å²) in [7, 11) is 1.57. The monoisotopic (exact) mass is 245 g/mol. The number of hydrogen-bond acceptors (Lipinski definition) is 3. The summed E-state index contributed by atoms with van der Waals surface area (Å²) in [5.41, 5.74) is 6.30. The zero-order valence-electron chi connectivity index (χ0n) is 7.63. The number of anilines is 1. The Kier molecular flexibility index (Phi) is 3.42. The van der Waals surface area contributed by atoms with E-state index in [1.807, 2.05) is 13.0 Å². The maximum atomic E-state index is 5.73. The van der Waals surface area contributed by atoms with E-state index in [1.165, 1.54) is 0 Å². The molecular weight excluding hydrogens is 234 g/mol. The van der Waals surface area contributed by atoms with Crippen molar-refractivity contribution in [1.29, 1.82) is 0 Å². The Morgan fingerprint density at radius 2 is 2.15 bits per heavy atom. The average Bonchev–Trinajstić information content (AvgIpc) is 2.04. The number of ether oxygens (including phenoxy) is 2. The zero-order valence-corrected chi connectivity index (χ0v) is 9.22. The van der Waals surface area contributed by atoms with Crippen LogP contribution in [0.3, 0.4) is 0 Å². The minimum Gasteiger partial charge on any atom is -0.491 e. The molecule has 0 aliphatic heterocycles. The van der Waals surface area contributed by atoms with Gasteiger partial charge in [0.1, 0.15) is 0 Å². The lowest BCUT2D eigenvalue weighted by molar-refractivity contribution is 0.311. The first-order valence-corrected chi connectivity index (χ1v) is 4.74. The van der Waals surface area contributed by atoms with Gasteiger partial charge < -0.3 is 15.2 Å². The molecule has 1 rings (SSSR count). The summed E-state index contributed by atoms with van der Waals surface area (Å²) in [6.07, 6.45) is 0. The molecule has 0 heterocycles. The van der Waals surface area contributed by atoms with Gasteiger partial charge in [-0.15, -0.1) is 0 Å². The molecule has 2 N–H and O–H groups in total. The summed E-state index contributed by atoms with van der Waals surface area (Å²) in [5, 5.41) is 0. The van der Waals surface area contributed by atoms with Crippen molar-refractivity contribution < 1.29 is 9.47 Å². The lowest BCUT2D eigenvalue weighted by Gasteiger charge is -2.11. The fourth-order valence-corrected chi connectivity index (χ4v) is 1.52.